The Morgan fingerprint density at radius 2 is 1.96 bits per heavy atom. The van der Waals surface area contributed by atoms with Crippen molar-refractivity contribution in [2.24, 2.45) is 5.92 Å². The number of sulfonamides is 1. The van der Waals surface area contributed by atoms with Crippen LogP contribution in [0.4, 0.5) is 0 Å². The number of nitrogens with zero attached hydrogens (tertiary/aromatic N) is 1. The topological polar surface area (TPSA) is 75.7 Å². The highest BCUT2D eigenvalue weighted by Crippen LogP contribution is 2.21. The molecule has 1 aromatic carbocycles. The van der Waals surface area contributed by atoms with Gasteiger partial charge in [-0.05, 0) is 24.5 Å². The van der Waals surface area contributed by atoms with Gasteiger partial charge in [0.15, 0.2) is 0 Å². The highest BCUT2D eigenvalue weighted by molar-refractivity contribution is 7.92. The maximum atomic E-state index is 12.4. The molecule has 6 nitrogen and oxygen atoms in total. The van der Waals surface area contributed by atoms with Gasteiger partial charge in [-0.1, -0.05) is 30.3 Å². The third kappa shape index (κ3) is 5.43. The summed E-state index contributed by atoms with van der Waals surface area (Å²) < 4.78 is 31.1. The Balaban J connectivity index is 1.86. The van der Waals surface area contributed by atoms with Gasteiger partial charge < -0.3 is 10.1 Å². The summed E-state index contributed by atoms with van der Waals surface area (Å²) in [6, 6.07) is 9.31. The van der Waals surface area contributed by atoms with Crippen molar-refractivity contribution in [2.75, 3.05) is 33.4 Å². The lowest BCUT2D eigenvalue weighted by Gasteiger charge is -2.29. The maximum absolute atomic E-state index is 12.4. The SMILES string of the molecule is COCCNC(=O)C1CCN(S(=O)(=O)/C=C/c2ccccc2)CC1. The Hall–Kier alpha value is -1.70. The summed E-state index contributed by atoms with van der Waals surface area (Å²) in [7, 11) is -1.87. The van der Waals surface area contributed by atoms with Crippen LogP contribution in [-0.4, -0.2) is 52.0 Å². The number of amides is 1. The minimum absolute atomic E-state index is 0.0241. The molecule has 24 heavy (non-hydrogen) atoms. The van der Waals surface area contributed by atoms with Crippen LogP contribution in [0.5, 0.6) is 0 Å². The largest absolute Gasteiger partial charge is 0.383 e. The van der Waals surface area contributed by atoms with Crippen LogP contribution in [0.25, 0.3) is 6.08 Å². The first-order valence-electron chi connectivity index (χ1n) is 8.03. The molecule has 1 saturated heterocycles. The van der Waals surface area contributed by atoms with E-state index in [-0.39, 0.29) is 11.8 Å². The number of carbonyl (C=O) groups is 1. The quantitative estimate of drug-likeness (QED) is 0.754. The van der Waals surface area contributed by atoms with E-state index in [1.807, 2.05) is 30.3 Å². The van der Waals surface area contributed by atoms with Gasteiger partial charge in [0.2, 0.25) is 15.9 Å². The van der Waals surface area contributed by atoms with E-state index < -0.39 is 10.0 Å². The smallest absolute Gasteiger partial charge is 0.236 e. The van der Waals surface area contributed by atoms with E-state index in [0.29, 0.717) is 39.1 Å². The molecule has 0 radical (unpaired) electrons. The van der Waals surface area contributed by atoms with Crippen LogP contribution in [-0.2, 0) is 19.6 Å². The van der Waals surface area contributed by atoms with Gasteiger partial charge in [0.1, 0.15) is 0 Å². The molecule has 7 heteroatoms. The highest BCUT2D eigenvalue weighted by Gasteiger charge is 2.29. The van der Waals surface area contributed by atoms with Gasteiger partial charge in [0.05, 0.1) is 6.61 Å². The molecular formula is C17H24N2O4S. The molecule has 0 unspecified atom stereocenters. The standard InChI is InChI=1S/C17H24N2O4S/c1-23-13-10-18-17(20)16-7-11-19(12-8-16)24(21,22)14-9-15-5-3-2-4-6-15/h2-6,9,14,16H,7-8,10-13H2,1H3,(H,18,20)/b14-9+. The molecule has 1 heterocycles. The summed E-state index contributed by atoms with van der Waals surface area (Å²) >= 11 is 0. The van der Waals surface area contributed by atoms with Crippen LogP contribution < -0.4 is 5.32 Å². The Kier molecular flexibility index (Phi) is 6.96. The predicted molar refractivity (Wildman–Crippen MR) is 93.6 cm³/mol. The number of piperidine rings is 1. The maximum Gasteiger partial charge on any atom is 0.236 e. The number of ether oxygens (including phenoxy) is 1. The predicted octanol–water partition coefficient (Wildman–Crippen LogP) is 1.46. The molecule has 1 N–H and O–H groups in total. The summed E-state index contributed by atoms with van der Waals surface area (Å²) in [4.78, 5) is 12.0. The number of benzene rings is 1. The van der Waals surface area contributed by atoms with E-state index in [1.54, 1.807) is 13.2 Å². The van der Waals surface area contributed by atoms with E-state index in [2.05, 4.69) is 5.32 Å². The minimum atomic E-state index is -3.45. The number of rotatable bonds is 7. The molecule has 2 rings (SSSR count). The zero-order chi connectivity index (χ0) is 17.4. The lowest BCUT2D eigenvalue weighted by molar-refractivity contribution is -0.126. The average molecular weight is 352 g/mol. The average Bonchev–Trinajstić information content (AvgIpc) is 2.61. The molecule has 0 saturated carbocycles. The first kappa shape index (κ1) is 18.6. The molecule has 0 atom stereocenters. The second kappa shape index (κ2) is 8.96. The fraction of sp³-hybridized carbons (Fsp3) is 0.471. The number of hydrogen-bond acceptors (Lipinski definition) is 4. The van der Waals surface area contributed by atoms with Crippen molar-refractivity contribution in [1.82, 2.24) is 9.62 Å². The fourth-order valence-corrected chi connectivity index (χ4v) is 3.83. The lowest BCUT2D eigenvalue weighted by atomic mass is 9.97. The van der Waals surface area contributed by atoms with Gasteiger partial charge in [-0.2, -0.15) is 4.31 Å². The summed E-state index contributed by atoms with van der Waals surface area (Å²) in [6.07, 6.45) is 2.67. The Labute approximate surface area is 143 Å². The second-order valence-electron chi connectivity index (χ2n) is 5.72. The van der Waals surface area contributed by atoms with Crippen LogP contribution in [0, 0.1) is 5.92 Å². The van der Waals surface area contributed by atoms with E-state index in [9.17, 15) is 13.2 Å². The number of nitrogens with one attached hydrogen (secondary N) is 1. The molecule has 1 fully saturated rings. The molecule has 0 aliphatic carbocycles. The van der Waals surface area contributed by atoms with Crippen molar-refractivity contribution in [3.63, 3.8) is 0 Å². The number of methoxy groups -OCH3 is 1. The van der Waals surface area contributed by atoms with Gasteiger partial charge in [-0.15, -0.1) is 0 Å². The first-order valence-corrected chi connectivity index (χ1v) is 9.53. The van der Waals surface area contributed by atoms with Crippen LogP contribution >= 0.6 is 0 Å². The third-order valence-electron chi connectivity index (χ3n) is 4.02. The van der Waals surface area contributed by atoms with Crippen molar-refractivity contribution in [3.05, 3.63) is 41.3 Å². The molecule has 132 valence electrons. The Bertz CT molecular complexity index is 650. The summed E-state index contributed by atoms with van der Waals surface area (Å²) in [5.41, 5.74) is 0.841. The van der Waals surface area contributed by atoms with Crippen molar-refractivity contribution >= 4 is 22.0 Å². The van der Waals surface area contributed by atoms with E-state index in [1.165, 1.54) is 9.71 Å². The van der Waals surface area contributed by atoms with Crippen molar-refractivity contribution in [3.8, 4) is 0 Å². The van der Waals surface area contributed by atoms with Crippen LogP contribution in [0.15, 0.2) is 35.7 Å². The van der Waals surface area contributed by atoms with E-state index in [0.717, 1.165) is 5.56 Å². The molecule has 0 spiro atoms. The van der Waals surface area contributed by atoms with Crippen LogP contribution in [0.1, 0.15) is 18.4 Å². The van der Waals surface area contributed by atoms with E-state index in [4.69, 9.17) is 4.74 Å². The van der Waals surface area contributed by atoms with Gasteiger partial charge in [-0.25, -0.2) is 8.42 Å². The van der Waals surface area contributed by atoms with Gasteiger partial charge in [0, 0.05) is 38.1 Å². The molecule has 1 aliphatic heterocycles. The summed E-state index contributed by atoms with van der Waals surface area (Å²) in [5, 5.41) is 4.05. The van der Waals surface area contributed by atoms with Crippen LogP contribution in [0.2, 0.25) is 0 Å². The zero-order valence-electron chi connectivity index (χ0n) is 13.8. The summed E-state index contributed by atoms with van der Waals surface area (Å²) in [5.74, 6) is -0.157. The molecular weight excluding hydrogens is 328 g/mol. The van der Waals surface area contributed by atoms with Gasteiger partial charge >= 0.3 is 0 Å². The van der Waals surface area contributed by atoms with Gasteiger partial charge in [0.25, 0.3) is 0 Å². The van der Waals surface area contributed by atoms with Crippen molar-refractivity contribution in [2.45, 2.75) is 12.8 Å². The van der Waals surface area contributed by atoms with Crippen molar-refractivity contribution in [1.29, 1.82) is 0 Å². The monoisotopic (exact) mass is 352 g/mol. The molecule has 1 amide bonds. The fourth-order valence-electron chi connectivity index (χ4n) is 2.61. The lowest BCUT2D eigenvalue weighted by Crippen LogP contribution is -2.42. The zero-order valence-corrected chi connectivity index (χ0v) is 14.7. The summed E-state index contributed by atoms with van der Waals surface area (Å²) in [6.45, 7) is 1.69. The van der Waals surface area contributed by atoms with E-state index >= 15 is 0 Å². The molecule has 1 aromatic rings. The Morgan fingerprint density at radius 3 is 2.58 bits per heavy atom. The third-order valence-corrected chi connectivity index (χ3v) is 5.59. The number of hydrogen-bond donors (Lipinski definition) is 1. The first-order chi connectivity index (χ1) is 11.5. The minimum Gasteiger partial charge on any atom is -0.383 e. The van der Waals surface area contributed by atoms with Crippen molar-refractivity contribution < 1.29 is 17.9 Å². The van der Waals surface area contributed by atoms with Gasteiger partial charge in [-0.3, -0.25) is 4.79 Å². The normalized spacial score (nSPS) is 17.2. The number of carbonyl (C=O) groups excluding carboxylic acids is 1. The van der Waals surface area contributed by atoms with Crippen LogP contribution in [0.3, 0.4) is 0 Å². The highest BCUT2D eigenvalue weighted by atomic mass is 32.2. The Morgan fingerprint density at radius 1 is 1.29 bits per heavy atom. The molecule has 1 aliphatic rings. The second-order valence-corrected chi connectivity index (χ2v) is 7.53. The molecule has 0 aromatic heterocycles. The molecule has 0 bridgehead atoms.